The maximum Gasteiger partial charge on any atom is 0.201 e. The van der Waals surface area contributed by atoms with Gasteiger partial charge in [-0.25, -0.2) is 8.78 Å². The van der Waals surface area contributed by atoms with Crippen molar-refractivity contribution in [1.29, 1.82) is 0 Å². The maximum absolute atomic E-state index is 14.8. The summed E-state index contributed by atoms with van der Waals surface area (Å²) in [5.74, 6) is -2.87. The van der Waals surface area contributed by atoms with Crippen LogP contribution in [0, 0.1) is 23.4 Å². The van der Waals surface area contributed by atoms with E-state index in [4.69, 9.17) is 14.2 Å². The molecule has 1 aliphatic rings. The van der Waals surface area contributed by atoms with Gasteiger partial charge in [0.2, 0.25) is 5.82 Å². The first kappa shape index (κ1) is 24.0. The van der Waals surface area contributed by atoms with Gasteiger partial charge in [-0.15, -0.1) is 0 Å². The minimum Gasteiger partial charge on any atom is -0.486 e. The number of aliphatic hydroxyl groups excluding tert-OH is 1. The molecule has 1 heterocycles. The van der Waals surface area contributed by atoms with Crippen LogP contribution in [0.5, 0.6) is 5.75 Å². The van der Waals surface area contributed by atoms with Crippen LogP contribution in [0.25, 0.3) is 22.3 Å². The summed E-state index contributed by atoms with van der Waals surface area (Å²) < 4.78 is 60.0. The monoisotopic (exact) mass is 470 g/mol. The molecule has 0 aliphatic carbocycles. The van der Waals surface area contributed by atoms with Crippen molar-refractivity contribution in [3.63, 3.8) is 0 Å². The molecule has 34 heavy (non-hydrogen) atoms. The fourth-order valence-corrected chi connectivity index (χ4v) is 3.73. The van der Waals surface area contributed by atoms with Crippen molar-refractivity contribution in [2.45, 2.75) is 19.3 Å². The lowest BCUT2D eigenvalue weighted by molar-refractivity contribution is -0.218. The molecule has 1 saturated heterocycles. The van der Waals surface area contributed by atoms with Crippen LogP contribution in [0.3, 0.4) is 0 Å². The third-order valence-corrected chi connectivity index (χ3v) is 5.79. The van der Waals surface area contributed by atoms with Gasteiger partial charge in [0.05, 0.1) is 19.3 Å². The van der Waals surface area contributed by atoms with Crippen LogP contribution >= 0.6 is 0 Å². The van der Waals surface area contributed by atoms with Gasteiger partial charge in [0.15, 0.2) is 17.9 Å². The van der Waals surface area contributed by atoms with E-state index in [9.17, 15) is 18.3 Å². The molecule has 0 spiro atoms. The summed E-state index contributed by atoms with van der Waals surface area (Å²) in [4.78, 5) is 0. The number of hydrogen-bond donors (Lipinski definition) is 1. The molecule has 0 amide bonds. The first-order chi connectivity index (χ1) is 16.4. The normalized spacial score (nSPS) is 19.0. The Morgan fingerprint density at radius 1 is 0.971 bits per heavy atom. The van der Waals surface area contributed by atoms with Crippen molar-refractivity contribution in [2.24, 2.45) is 5.92 Å². The molecule has 3 aromatic carbocycles. The number of rotatable bonds is 7. The summed E-state index contributed by atoms with van der Waals surface area (Å²) in [5.41, 5.74) is 2.18. The van der Waals surface area contributed by atoms with Gasteiger partial charge in [0, 0.05) is 17.0 Å². The molecular formula is C27H25F3O4. The Balaban J connectivity index is 1.51. The minimum atomic E-state index is -1.06. The van der Waals surface area contributed by atoms with Crippen LogP contribution in [-0.2, 0) is 9.47 Å². The average Bonchev–Trinajstić information content (AvgIpc) is 2.85. The van der Waals surface area contributed by atoms with E-state index < -0.39 is 29.8 Å². The van der Waals surface area contributed by atoms with Gasteiger partial charge in [-0.3, -0.25) is 0 Å². The lowest BCUT2D eigenvalue weighted by Crippen LogP contribution is -2.34. The van der Waals surface area contributed by atoms with E-state index in [0.29, 0.717) is 16.7 Å². The summed E-state index contributed by atoms with van der Waals surface area (Å²) in [6, 6.07) is 14.3. The highest BCUT2D eigenvalue weighted by atomic mass is 19.2. The minimum absolute atomic E-state index is 0.0706. The van der Waals surface area contributed by atoms with Crippen LogP contribution in [0.4, 0.5) is 13.2 Å². The van der Waals surface area contributed by atoms with Gasteiger partial charge in [-0.1, -0.05) is 49.1 Å². The molecule has 0 radical (unpaired) electrons. The van der Waals surface area contributed by atoms with E-state index in [-0.39, 0.29) is 42.6 Å². The molecule has 0 saturated carbocycles. The smallest absolute Gasteiger partial charge is 0.201 e. The average molecular weight is 470 g/mol. The van der Waals surface area contributed by atoms with Crippen molar-refractivity contribution < 1.29 is 32.5 Å². The Morgan fingerprint density at radius 2 is 1.62 bits per heavy atom. The molecule has 1 fully saturated rings. The van der Waals surface area contributed by atoms with Crippen molar-refractivity contribution in [3.8, 4) is 28.0 Å². The van der Waals surface area contributed by atoms with Crippen LogP contribution in [-0.4, -0.2) is 31.0 Å². The highest BCUT2D eigenvalue weighted by Crippen LogP contribution is 2.33. The molecule has 3 aromatic rings. The maximum atomic E-state index is 14.8. The van der Waals surface area contributed by atoms with Gasteiger partial charge < -0.3 is 19.3 Å². The van der Waals surface area contributed by atoms with Crippen molar-refractivity contribution >= 4 is 0 Å². The molecule has 0 bridgehead atoms. The summed E-state index contributed by atoms with van der Waals surface area (Å²) in [6.07, 6.45) is 0.0500. The largest absolute Gasteiger partial charge is 0.486 e. The fourth-order valence-electron chi connectivity index (χ4n) is 3.73. The van der Waals surface area contributed by atoms with Gasteiger partial charge in [0.1, 0.15) is 12.4 Å². The Morgan fingerprint density at radius 3 is 2.24 bits per heavy atom. The molecular weight excluding hydrogens is 445 g/mol. The van der Waals surface area contributed by atoms with E-state index in [0.717, 1.165) is 0 Å². The molecule has 1 N–H and O–H groups in total. The molecule has 178 valence electrons. The molecule has 4 rings (SSSR count). The second-order valence-corrected chi connectivity index (χ2v) is 8.15. The van der Waals surface area contributed by atoms with Gasteiger partial charge in [-0.2, -0.15) is 4.39 Å². The van der Waals surface area contributed by atoms with Crippen LogP contribution in [0.15, 0.2) is 67.3 Å². The summed E-state index contributed by atoms with van der Waals surface area (Å²) in [6.45, 7) is 5.78. The molecule has 4 nitrogen and oxygen atoms in total. The third kappa shape index (κ3) is 5.01. The van der Waals surface area contributed by atoms with Gasteiger partial charge >= 0.3 is 0 Å². The number of ether oxygens (including phenoxy) is 3. The van der Waals surface area contributed by atoms with Crippen molar-refractivity contribution in [2.75, 3.05) is 19.8 Å². The van der Waals surface area contributed by atoms with E-state index in [1.54, 1.807) is 43.3 Å². The summed E-state index contributed by atoms with van der Waals surface area (Å²) >= 11 is 0. The molecule has 0 aromatic heterocycles. The number of halogens is 3. The number of hydrogen-bond acceptors (Lipinski definition) is 4. The first-order valence-electron chi connectivity index (χ1n) is 10.9. The van der Waals surface area contributed by atoms with E-state index in [1.807, 2.05) is 0 Å². The van der Waals surface area contributed by atoms with E-state index in [1.165, 1.54) is 24.3 Å². The van der Waals surface area contributed by atoms with Crippen LogP contribution in [0.2, 0.25) is 0 Å². The quantitative estimate of drug-likeness (QED) is 0.428. The number of aliphatic hydroxyl groups is 1. The van der Waals surface area contributed by atoms with Crippen LogP contribution < -0.4 is 4.74 Å². The fraction of sp³-hybridized carbons (Fsp3) is 0.259. The van der Waals surface area contributed by atoms with Crippen LogP contribution in [0.1, 0.15) is 18.8 Å². The zero-order chi connectivity index (χ0) is 24.2. The summed E-state index contributed by atoms with van der Waals surface area (Å²) in [7, 11) is 0. The highest BCUT2D eigenvalue weighted by Gasteiger charge is 2.28. The first-order valence-corrected chi connectivity index (χ1v) is 10.9. The second-order valence-electron chi connectivity index (χ2n) is 8.15. The van der Waals surface area contributed by atoms with Crippen molar-refractivity contribution in [1.82, 2.24) is 0 Å². The zero-order valence-electron chi connectivity index (χ0n) is 18.6. The Hall–Kier alpha value is -3.13. The van der Waals surface area contributed by atoms with E-state index in [2.05, 4.69) is 6.58 Å². The predicted octanol–water partition coefficient (Wildman–Crippen LogP) is 6.05. The Labute approximate surface area is 196 Å². The topological polar surface area (TPSA) is 47.9 Å². The second kappa shape index (κ2) is 10.4. The van der Waals surface area contributed by atoms with Gasteiger partial charge in [0.25, 0.3) is 0 Å². The molecule has 1 unspecified atom stereocenters. The van der Waals surface area contributed by atoms with Crippen molar-refractivity contribution in [3.05, 3.63) is 90.3 Å². The summed E-state index contributed by atoms with van der Waals surface area (Å²) in [5, 5.41) is 9.63. The predicted molar refractivity (Wildman–Crippen MR) is 123 cm³/mol. The zero-order valence-corrected chi connectivity index (χ0v) is 18.6. The SMILES string of the molecule is C=CCOc1ccc(-c2ccc(-c3ccc(C4OCC(C(C)O)CO4)c(F)c3)cc2)c(F)c1F. The lowest BCUT2D eigenvalue weighted by atomic mass is 9.98. The van der Waals surface area contributed by atoms with Gasteiger partial charge in [-0.05, 0) is 41.8 Å². The molecule has 7 heteroatoms. The third-order valence-electron chi connectivity index (χ3n) is 5.79. The lowest BCUT2D eigenvalue weighted by Gasteiger charge is -2.31. The van der Waals surface area contributed by atoms with E-state index >= 15 is 0 Å². The molecule has 1 aliphatic heterocycles. The Bertz CT molecular complexity index is 1150. The standard InChI is InChI=1S/C27H25F3O4/c1-3-12-32-24-11-10-21(25(29)26(24)30)18-6-4-17(5-7-18)19-8-9-22(23(28)13-19)27-33-14-20(15-34-27)16(2)31/h3-11,13,16,20,27,31H,1,12,14-15H2,2H3. The number of benzene rings is 3. The Kier molecular flexibility index (Phi) is 7.36. The highest BCUT2D eigenvalue weighted by molar-refractivity contribution is 5.71. The molecule has 1 atom stereocenters.